The van der Waals surface area contributed by atoms with Gasteiger partial charge in [0, 0.05) is 43.5 Å². The van der Waals surface area contributed by atoms with E-state index < -0.39 is 0 Å². The van der Waals surface area contributed by atoms with Crippen LogP contribution in [0.5, 0.6) is 5.75 Å². The first kappa shape index (κ1) is 23.7. The van der Waals surface area contributed by atoms with Gasteiger partial charge in [-0.15, -0.1) is 0 Å². The topological polar surface area (TPSA) is 83.6 Å². The molecule has 1 aliphatic rings. The Morgan fingerprint density at radius 1 is 1.00 bits per heavy atom. The number of methoxy groups -OCH3 is 1. The summed E-state index contributed by atoms with van der Waals surface area (Å²) in [6, 6.07) is 19.4. The second kappa shape index (κ2) is 11.6. The molecule has 7 heteroatoms. The number of hydrogen-bond acceptors (Lipinski definition) is 5. The Morgan fingerprint density at radius 2 is 1.76 bits per heavy atom. The highest BCUT2D eigenvalue weighted by Gasteiger charge is 2.21. The van der Waals surface area contributed by atoms with Gasteiger partial charge in [-0.25, -0.2) is 4.98 Å². The fourth-order valence-electron chi connectivity index (χ4n) is 4.35. The van der Waals surface area contributed by atoms with Gasteiger partial charge < -0.3 is 20.3 Å². The van der Waals surface area contributed by atoms with E-state index in [-0.39, 0.29) is 17.9 Å². The van der Waals surface area contributed by atoms with E-state index in [1.54, 1.807) is 13.2 Å². The van der Waals surface area contributed by atoms with Gasteiger partial charge >= 0.3 is 0 Å². The van der Waals surface area contributed by atoms with E-state index in [2.05, 4.69) is 15.6 Å². The molecule has 3 aromatic rings. The van der Waals surface area contributed by atoms with Gasteiger partial charge in [0.1, 0.15) is 11.4 Å². The van der Waals surface area contributed by atoms with Gasteiger partial charge in [0.05, 0.1) is 12.6 Å². The number of nitrogens with one attached hydrogen (secondary N) is 2. The standard InChI is InChI=1S/C27H32N4O3/c1-34-25-18-24(30-22-13-6-5-12-21(22)25)27(33)31-16-8-7-14-29-26(32)19-23(28-15-9-17-31)20-10-3-2-4-11-20/h2-6,10-13,18,23,28H,7-9,14-17,19H2,1H3,(H,29,32). The average molecular weight is 461 g/mol. The van der Waals surface area contributed by atoms with Crippen LogP contribution in [0.1, 0.15) is 47.8 Å². The third-order valence-electron chi connectivity index (χ3n) is 6.17. The molecule has 1 aromatic heterocycles. The molecular formula is C27H32N4O3. The molecule has 4 rings (SSSR count). The number of pyridine rings is 1. The van der Waals surface area contributed by atoms with Crippen molar-refractivity contribution in [3.8, 4) is 5.75 Å². The first-order valence-electron chi connectivity index (χ1n) is 11.9. The predicted octanol–water partition coefficient (Wildman–Crippen LogP) is 3.71. The van der Waals surface area contributed by atoms with Crippen molar-refractivity contribution in [3.05, 3.63) is 71.9 Å². The molecule has 178 valence electrons. The van der Waals surface area contributed by atoms with Crippen molar-refractivity contribution in [1.29, 1.82) is 0 Å². The lowest BCUT2D eigenvalue weighted by atomic mass is 10.0. The highest BCUT2D eigenvalue weighted by Crippen LogP contribution is 2.25. The van der Waals surface area contributed by atoms with Crippen LogP contribution < -0.4 is 15.4 Å². The lowest BCUT2D eigenvalue weighted by Crippen LogP contribution is -2.35. The monoisotopic (exact) mass is 460 g/mol. The molecule has 7 nitrogen and oxygen atoms in total. The first-order valence-corrected chi connectivity index (χ1v) is 11.9. The van der Waals surface area contributed by atoms with Crippen molar-refractivity contribution in [2.75, 3.05) is 33.3 Å². The van der Waals surface area contributed by atoms with Gasteiger partial charge in [0.25, 0.3) is 5.91 Å². The maximum absolute atomic E-state index is 13.5. The summed E-state index contributed by atoms with van der Waals surface area (Å²) < 4.78 is 5.53. The minimum absolute atomic E-state index is 0.0426. The molecule has 0 spiro atoms. The SMILES string of the molecule is COc1cc(C(=O)N2CCCCNC(=O)CC(c3ccccc3)NCCC2)nc2ccccc12. The van der Waals surface area contributed by atoms with Crippen LogP contribution in [0.25, 0.3) is 10.9 Å². The zero-order valence-corrected chi connectivity index (χ0v) is 19.6. The van der Waals surface area contributed by atoms with Crippen molar-refractivity contribution < 1.29 is 14.3 Å². The van der Waals surface area contributed by atoms with Gasteiger partial charge in [-0.2, -0.15) is 0 Å². The van der Waals surface area contributed by atoms with E-state index >= 15 is 0 Å². The molecule has 2 N–H and O–H groups in total. The molecule has 2 amide bonds. The molecule has 1 unspecified atom stereocenters. The Hall–Kier alpha value is -3.45. The van der Waals surface area contributed by atoms with Gasteiger partial charge in [-0.05, 0) is 43.5 Å². The van der Waals surface area contributed by atoms with Crippen LogP contribution in [0.3, 0.4) is 0 Å². The van der Waals surface area contributed by atoms with Crippen molar-refractivity contribution in [2.45, 2.75) is 31.7 Å². The van der Waals surface area contributed by atoms with Crippen LogP contribution in [0.2, 0.25) is 0 Å². The average Bonchev–Trinajstić information content (AvgIpc) is 2.89. The van der Waals surface area contributed by atoms with Crippen LogP contribution in [-0.4, -0.2) is 55.0 Å². The van der Waals surface area contributed by atoms with Gasteiger partial charge in [-0.1, -0.05) is 42.5 Å². The van der Waals surface area contributed by atoms with E-state index in [9.17, 15) is 9.59 Å². The summed E-state index contributed by atoms with van der Waals surface area (Å²) in [7, 11) is 1.61. The Kier molecular flexibility index (Phi) is 8.09. The number of benzene rings is 2. The summed E-state index contributed by atoms with van der Waals surface area (Å²) in [6.45, 7) is 2.54. The lowest BCUT2D eigenvalue weighted by molar-refractivity contribution is -0.121. The quantitative estimate of drug-likeness (QED) is 0.623. The predicted molar refractivity (Wildman–Crippen MR) is 133 cm³/mol. The smallest absolute Gasteiger partial charge is 0.272 e. The van der Waals surface area contributed by atoms with E-state index in [1.165, 1.54) is 0 Å². The summed E-state index contributed by atoms with van der Waals surface area (Å²) in [4.78, 5) is 32.4. The minimum Gasteiger partial charge on any atom is -0.496 e. The molecule has 1 aliphatic heterocycles. The molecule has 0 aliphatic carbocycles. The molecule has 2 aromatic carbocycles. The Bertz CT molecular complexity index is 1120. The van der Waals surface area contributed by atoms with Gasteiger partial charge in [-0.3, -0.25) is 9.59 Å². The number of ether oxygens (including phenoxy) is 1. The van der Waals surface area contributed by atoms with Gasteiger partial charge in [0.15, 0.2) is 0 Å². The largest absolute Gasteiger partial charge is 0.496 e. The number of para-hydroxylation sites is 1. The molecule has 2 heterocycles. The minimum atomic E-state index is -0.0948. The normalized spacial score (nSPS) is 18.3. The molecule has 34 heavy (non-hydrogen) atoms. The summed E-state index contributed by atoms with van der Waals surface area (Å²) in [6.07, 6.45) is 2.80. The van der Waals surface area contributed by atoms with E-state index in [1.807, 2.05) is 59.5 Å². The summed E-state index contributed by atoms with van der Waals surface area (Å²) in [5, 5.41) is 7.42. The number of carbonyl (C=O) groups is 2. The van der Waals surface area contributed by atoms with Crippen LogP contribution in [0, 0.1) is 0 Å². The molecule has 1 saturated heterocycles. The number of nitrogens with zero attached hydrogens (tertiary/aromatic N) is 2. The van der Waals surface area contributed by atoms with Crippen LogP contribution in [0.15, 0.2) is 60.7 Å². The number of aromatic nitrogens is 1. The summed E-state index contributed by atoms with van der Waals surface area (Å²) in [5.74, 6) is 0.596. The van der Waals surface area contributed by atoms with Crippen molar-refractivity contribution in [1.82, 2.24) is 20.5 Å². The summed E-state index contributed by atoms with van der Waals surface area (Å²) in [5.41, 5.74) is 2.22. The van der Waals surface area contributed by atoms with E-state index in [4.69, 9.17) is 4.74 Å². The first-order chi connectivity index (χ1) is 16.7. The van der Waals surface area contributed by atoms with Crippen LogP contribution >= 0.6 is 0 Å². The van der Waals surface area contributed by atoms with Crippen molar-refractivity contribution in [2.24, 2.45) is 0 Å². The fraction of sp³-hybridized carbons (Fsp3) is 0.370. The highest BCUT2D eigenvalue weighted by molar-refractivity contribution is 5.97. The van der Waals surface area contributed by atoms with Gasteiger partial charge in [0.2, 0.25) is 5.91 Å². The third-order valence-corrected chi connectivity index (χ3v) is 6.17. The van der Waals surface area contributed by atoms with E-state index in [0.717, 1.165) is 35.7 Å². The second-order valence-electron chi connectivity index (χ2n) is 8.55. The van der Waals surface area contributed by atoms with Crippen LogP contribution in [-0.2, 0) is 4.79 Å². The lowest BCUT2D eigenvalue weighted by Gasteiger charge is -2.23. The zero-order chi connectivity index (χ0) is 23.8. The second-order valence-corrected chi connectivity index (χ2v) is 8.55. The number of amides is 2. The molecule has 1 atom stereocenters. The molecular weight excluding hydrogens is 428 g/mol. The number of rotatable bonds is 3. The van der Waals surface area contributed by atoms with Crippen LogP contribution in [0.4, 0.5) is 0 Å². The van der Waals surface area contributed by atoms with Crippen molar-refractivity contribution >= 4 is 22.7 Å². The zero-order valence-electron chi connectivity index (χ0n) is 19.6. The number of hydrogen-bond donors (Lipinski definition) is 2. The van der Waals surface area contributed by atoms with Crippen molar-refractivity contribution in [3.63, 3.8) is 0 Å². The fourth-order valence-corrected chi connectivity index (χ4v) is 4.35. The molecule has 0 radical (unpaired) electrons. The Morgan fingerprint density at radius 3 is 2.59 bits per heavy atom. The van der Waals surface area contributed by atoms with E-state index in [0.29, 0.717) is 44.0 Å². The maximum atomic E-state index is 13.5. The third kappa shape index (κ3) is 5.91. The number of carbonyl (C=O) groups excluding carboxylic acids is 2. The molecule has 1 fully saturated rings. The Balaban J connectivity index is 1.50. The molecule has 0 bridgehead atoms. The number of fused-ring (bicyclic) bond motifs is 1. The Labute approximate surface area is 200 Å². The maximum Gasteiger partial charge on any atom is 0.272 e. The molecule has 0 saturated carbocycles. The summed E-state index contributed by atoms with van der Waals surface area (Å²) >= 11 is 0. The highest BCUT2D eigenvalue weighted by atomic mass is 16.5.